The van der Waals surface area contributed by atoms with Crippen LogP contribution in [0.1, 0.15) is 19.4 Å². The molecule has 1 aromatic rings. The topological polar surface area (TPSA) is 57.9 Å². The summed E-state index contributed by atoms with van der Waals surface area (Å²) < 4.78 is 20.7. The Balaban J connectivity index is 0. The Hall–Kier alpha value is -0.860. The molecule has 0 aliphatic carbocycles. The van der Waals surface area contributed by atoms with Crippen LogP contribution in [0, 0.1) is 11.3 Å². The fourth-order valence-electron chi connectivity index (χ4n) is 0.891. The maximum Gasteiger partial charge on any atom is 0.149 e. The predicted octanol–water partition coefficient (Wildman–Crippen LogP) is 2.77. The van der Waals surface area contributed by atoms with Crippen LogP contribution in [0.15, 0.2) is 30.3 Å². The Kier molecular flexibility index (Phi) is 11.2. The molecule has 0 fully saturated rings. The molecule has 0 radical (unpaired) electrons. The quantitative estimate of drug-likeness (QED) is 0.860. The van der Waals surface area contributed by atoms with E-state index in [1.165, 1.54) is 0 Å². The first-order chi connectivity index (χ1) is 7.55. The van der Waals surface area contributed by atoms with E-state index in [0.717, 1.165) is 5.56 Å². The molecule has 1 aromatic carbocycles. The van der Waals surface area contributed by atoms with E-state index < -0.39 is 9.84 Å². The predicted molar refractivity (Wildman–Crippen MR) is 76.1 cm³/mol. The molecule has 0 amide bonds. The van der Waals surface area contributed by atoms with Crippen LogP contribution in [-0.4, -0.2) is 19.9 Å². The normalized spacial score (nSPS) is 9.24. The molecule has 1 rings (SSSR count). The number of rotatable bonds is 3. The van der Waals surface area contributed by atoms with Gasteiger partial charge in [-0.15, -0.1) is 17.0 Å². The van der Waals surface area contributed by atoms with Crippen molar-refractivity contribution in [3.8, 4) is 6.07 Å². The second kappa shape index (κ2) is 10.3. The lowest BCUT2D eigenvalue weighted by Gasteiger charge is -1.89. The van der Waals surface area contributed by atoms with Gasteiger partial charge in [-0.05, 0) is 5.56 Å². The second-order valence-corrected chi connectivity index (χ2v) is 5.78. The van der Waals surface area contributed by atoms with Crippen LogP contribution in [0.5, 0.6) is 0 Å². The SMILES string of the molecule is Br.CCS(=O)(=O)CC.N#CCc1ccccc1. The molecule has 17 heavy (non-hydrogen) atoms. The number of benzene rings is 1. The molecular formula is C12H18BrNO2S. The lowest BCUT2D eigenvalue weighted by Crippen LogP contribution is -2.04. The third-order valence-corrected chi connectivity index (χ3v) is 3.76. The first kappa shape index (κ1) is 18.5. The molecule has 0 spiro atoms. The zero-order valence-electron chi connectivity index (χ0n) is 10.1. The fraction of sp³-hybridized carbons (Fsp3) is 0.417. The molecule has 3 nitrogen and oxygen atoms in total. The van der Waals surface area contributed by atoms with Crippen LogP contribution in [0.2, 0.25) is 0 Å². The summed E-state index contributed by atoms with van der Waals surface area (Å²) in [6.45, 7) is 3.30. The van der Waals surface area contributed by atoms with Crippen molar-refractivity contribution in [3.05, 3.63) is 35.9 Å². The third kappa shape index (κ3) is 10.0. The highest BCUT2D eigenvalue weighted by atomic mass is 79.9. The van der Waals surface area contributed by atoms with Gasteiger partial charge in [-0.2, -0.15) is 5.26 Å². The number of halogens is 1. The number of hydrogen-bond acceptors (Lipinski definition) is 3. The van der Waals surface area contributed by atoms with Gasteiger partial charge in [0.1, 0.15) is 9.84 Å². The zero-order valence-corrected chi connectivity index (χ0v) is 12.6. The molecule has 0 aliphatic heterocycles. The van der Waals surface area contributed by atoms with Crippen molar-refractivity contribution in [1.29, 1.82) is 5.26 Å². The van der Waals surface area contributed by atoms with E-state index in [2.05, 4.69) is 6.07 Å². The average Bonchev–Trinajstić information content (AvgIpc) is 2.32. The van der Waals surface area contributed by atoms with Crippen molar-refractivity contribution in [2.75, 3.05) is 11.5 Å². The summed E-state index contributed by atoms with van der Waals surface area (Å²) in [4.78, 5) is 0. The largest absolute Gasteiger partial charge is 0.229 e. The van der Waals surface area contributed by atoms with Crippen molar-refractivity contribution >= 4 is 26.8 Å². The standard InChI is InChI=1S/C8H7N.C4H10O2S.BrH/c9-7-6-8-4-2-1-3-5-8;1-3-7(5,6)4-2;/h1-5H,6H2;3-4H2,1-2H3;1H. The summed E-state index contributed by atoms with van der Waals surface area (Å²) in [5.41, 5.74) is 1.08. The Bertz CT molecular complexity index is 414. The summed E-state index contributed by atoms with van der Waals surface area (Å²) in [5.74, 6) is 0.535. The van der Waals surface area contributed by atoms with Crippen molar-refractivity contribution in [2.45, 2.75) is 20.3 Å². The lowest BCUT2D eigenvalue weighted by atomic mass is 10.2. The smallest absolute Gasteiger partial charge is 0.149 e. The Labute approximate surface area is 114 Å². The van der Waals surface area contributed by atoms with Crippen molar-refractivity contribution in [3.63, 3.8) is 0 Å². The monoisotopic (exact) mass is 319 g/mol. The molecule has 0 saturated heterocycles. The number of sulfone groups is 1. The van der Waals surface area contributed by atoms with Gasteiger partial charge in [0.25, 0.3) is 0 Å². The molecule has 0 atom stereocenters. The van der Waals surface area contributed by atoms with Gasteiger partial charge in [0.15, 0.2) is 0 Å². The first-order valence-electron chi connectivity index (χ1n) is 5.17. The summed E-state index contributed by atoms with van der Waals surface area (Å²) in [6, 6.07) is 11.8. The van der Waals surface area contributed by atoms with E-state index in [9.17, 15) is 8.42 Å². The number of nitriles is 1. The van der Waals surface area contributed by atoms with E-state index >= 15 is 0 Å². The van der Waals surface area contributed by atoms with Gasteiger partial charge in [-0.1, -0.05) is 44.2 Å². The molecule has 0 heterocycles. The molecule has 0 aromatic heterocycles. The summed E-state index contributed by atoms with van der Waals surface area (Å²) >= 11 is 0. The van der Waals surface area contributed by atoms with Gasteiger partial charge in [-0.25, -0.2) is 8.42 Å². The molecule has 0 bridgehead atoms. The van der Waals surface area contributed by atoms with Gasteiger partial charge in [0.05, 0.1) is 12.5 Å². The summed E-state index contributed by atoms with van der Waals surface area (Å²) in [7, 11) is -2.66. The molecule has 0 saturated carbocycles. The molecule has 96 valence electrons. The van der Waals surface area contributed by atoms with E-state index in [0.29, 0.717) is 6.42 Å². The van der Waals surface area contributed by atoms with Crippen LogP contribution in [0.4, 0.5) is 0 Å². The van der Waals surface area contributed by atoms with Crippen LogP contribution in [-0.2, 0) is 16.3 Å². The summed E-state index contributed by atoms with van der Waals surface area (Å²) in [5, 5.41) is 8.27. The summed E-state index contributed by atoms with van der Waals surface area (Å²) in [6.07, 6.45) is 0.515. The van der Waals surface area contributed by atoms with E-state index in [1.54, 1.807) is 13.8 Å². The fourth-order valence-corrected chi connectivity index (χ4v) is 1.30. The van der Waals surface area contributed by atoms with Crippen LogP contribution >= 0.6 is 17.0 Å². The maximum absolute atomic E-state index is 10.4. The molecular weight excluding hydrogens is 302 g/mol. The van der Waals surface area contributed by atoms with Gasteiger partial charge < -0.3 is 0 Å². The molecule has 0 N–H and O–H groups in total. The minimum absolute atomic E-state index is 0. The van der Waals surface area contributed by atoms with Gasteiger partial charge in [-0.3, -0.25) is 0 Å². The van der Waals surface area contributed by atoms with Crippen LogP contribution in [0.25, 0.3) is 0 Å². The van der Waals surface area contributed by atoms with E-state index in [4.69, 9.17) is 5.26 Å². The second-order valence-electron chi connectivity index (χ2n) is 3.14. The van der Waals surface area contributed by atoms with Gasteiger partial charge in [0, 0.05) is 11.5 Å². The Morgan fingerprint density at radius 3 is 1.88 bits per heavy atom. The highest BCUT2D eigenvalue weighted by Crippen LogP contribution is 1.97. The first-order valence-corrected chi connectivity index (χ1v) is 6.99. The van der Waals surface area contributed by atoms with Crippen molar-refractivity contribution in [1.82, 2.24) is 0 Å². The van der Waals surface area contributed by atoms with Crippen LogP contribution in [0.3, 0.4) is 0 Å². The van der Waals surface area contributed by atoms with E-state index in [1.807, 2.05) is 30.3 Å². The molecule has 0 unspecified atom stereocenters. The highest BCUT2D eigenvalue weighted by Gasteiger charge is 1.99. The van der Waals surface area contributed by atoms with Gasteiger partial charge >= 0.3 is 0 Å². The van der Waals surface area contributed by atoms with Crippen molar-refractivity contribution in [2.24, 2.45) is 0 Å². The number of hydrogen-bond donors (Lipinski definition) is 0. The van der Waals surface area contributed by atoms with Gasteiger partial charge in [0.2, 0.25) is 0 Å². The number of nitrogens with zero attached hydrogens (tertiary/aromatic N) is 1. The minimum Gasteiger partial charge on any atom is -0.229 e. The zero-order chi connectivity index (χ0) is 12.4. The average molecular weight is 320 g/mol. The highest BCUT2D eigenvalue weighted by molar-refractivity contribution is 8.93. The third-order valence-electron chi connectivity index (χ3n) is 2.01. The molecule has 0 aliphatic rings. The Morgan fingerprint density at radius 1 is 1.12 bits per heavy atom. The van der Waals surface area contributed by atoms with E-state index in [-0.39, 0.29) is 28.5 Å². The molecule has 5 heteroatoms. The van der Waals surface area contributed by atoms with Crippen molar-refractivity contribution < 1.29 is 8.42 Å². The maximum atomic E-state index is 10.4. The Morgan fingerprint density at radius 2 is 1.59 bits per heavy atom. The lowest BCUT2D eigenvalue weighted by molar-refractivity contribution is 0.598. The minimum atomic E-state index is -2.66. The van der Waals surface area contributed by atoms with Crippen LogP contribution < -0.4 is 0 Å².